The minimum absolute atomic E-state index is 0.0677. The van der Waals surface area contributed by atoms with Crippen LogP contribution in [-0.4, -0.2) is 47.7 Å². The van der Waals surface area contributed by atoms with Gasteiger partial charge in [0.25, 0.3) is 20.0 Å². The monoisotopic (exact) mass is 452 g/mol. The standard InChI is InChI=1S/C7H13N3O3S.C6H11N3O2S.CO2/c1-7(2,11)5-4-6(9-10(5)3)14(8,12)13;1-3-5-4-6(8-9(5)2)12(7,10)11;2-1-3/h4,11H,1-3H3,(H2,8,12,13);4H,3H2,1-2H3,(H2,7,10,11);. The Morgan fingerprint density at radius 1 is 1.00 bits per heavy atom. The fourth-order valence-corrected chi connectivity index (χ4v) is 3.15. The first kappa shape index (κ1) is 26.6. The van der Waals surface area contributed by atoms with Crippen LogP contribution in [0.2, 0.25) is 0 Å². The molecule has 0 unspecified atom stereocenters. The summed E-state index contributed by atoms with van der Waals surface area (Å²) in [6, 6.07) is 2.74. The molecule has 0 aliphatic heterocycles. The molecule has 0 amide bonds. The third-order valence-electron chi connectivity index (χ3n) is 3.38. The summed E-state index contributed by atoms with van der Waals surface area (Å²) in [5.41, 5.74) is 0.0885. The number of hydrogen-bond donors (Lipinski definition) is 3. The molecule has 0 spiro atoms. The van der Waals surface area contributed by atoms with Crippen molar-refractivity contribution in [1.82, 2.24) is 19.6 Å². The first-order chi connectivity index (χ1) is 13.0. The van der Waals surface area contributed by atoms with Gasteiger partial charge < -0.3 is 5.11 Å². The number of primary sulfonamides is 2. The third-order valence-corrected chi connectivity index (χ3v) is 4.95. The lowest BCUT2D eigenvalue weighted by atomic mass is 10.1. The molecule has 0 saturated carbocycles. The zero-order valence-corrected chi connectivity index (χ0v) is 18.2. The SMILES string of the molecule is CCc1cc(S(N)(=O)=O)nn1C.Cn1nc(S(N)(=O)=O)cc1C(C)(C)O.O=C=O. The summed E-state index contributed by atoms with van der Waals surface area (Å²) in [4.78, 5) is 16.2. The predicted molar refractivity (Wildman–Crippen MR) is 98.8 cm³/mol. The van der Waals surface area contributed by atoms with Gasteiger partial charge in [0.15, 0.2) is 10.1 Å². The Morgan fingerprint density at radius 3 is 1.59 bits per heavy atom. The highest BCUT2D eigenvalue weighted by Gasteiger charge is 2.24. The highest BCUT2D eigenvalue weighted by molar-refractivity contribution is 7.89. The maximum absolute atomic E-state index is 10.9. The average molecular weight is 453 g/mol. The van der Waals surface area contributed by atoms with Crippen LogP contribution in [-0.2, 0) is 55.8 Å². The van der Waals surface area contributed by atoms with Crippen LogP contribution in [0.3, 0.4) is 0 Å². The van der Waals surface area contributed by atoms with E-state index in [1.807, 2.05) is 6.92 Å². The van der Waals surface area contributed by atoms with Gasteiger partial charge in [-0.2, -0.15) is 19.8 Å². The van der Waals surface area contributed by atoms with Crippen LogP contribution >= 0.6 is 0 Å². The Morgan fingerprint density at radius 2 is 1.38 bits per heavy atom. The molecule has 0 radical (unpaired) electrons. The smallest absolute Gasteiger partial charge is 0.373 e. The van der Waals surface area contributed by atoms with E-state index < -0.39 is 25.6 Å². The van der Waals surface area contributed by atoms with Gasteiger partial charge in [-0.15, -0.1) is 0 Å². The lowest BCUT2D eigenvalue weighted by molar-refractivity contribution is -0.191. The highest BCUT2D eigenvalue weighted by Crippen LogP contribution is 2.20. The molecular weight excluding hydrogens is 428 g/mol. The van der Waals surface area contributed by atoms with Crippen molar-refractivity contribution < 1.29 is 31.5 Å². The number of sulfonamides is 2. The van der Waals surface area contributed by atoms with Crippen molar-refractivity contribution in [3.63, 3.8) is 0 Å². The van der Waals surface area contributed by atoms with Gasteiger partial charge in [0, 0.05) is 25.9 Å². The van der Waals surface area contributed by atoms with Crippen LogP contribution in [0.1, 0.15) is 32.2 Å². The molecule has 0 aliphatic carbocycles. The molecule has 2 rings (SSSR count). The quantitative estimate of drug-likeness (QED) is 0.484. The second-order valence-corrected chi connectivity index (χ2v) is 9.19. The van der Waals surface area contributed by atoms with E-state index in [9.17, 15) is 21.9 Å². The number of aliphatic hydroxyl groups is 1. The Balaban J connectivity index is 0.000000481. The summed E-state index contributed by atoms with van der Waals surface area (Å²) in [5.74, 6) is 0. The fraction of sp³-hybridized carbons (Fsp3) is 0.500. The van der Waals surface area contributed by atoms with E-state index in [1.54, 1.807) is 14.1 Å². The summed E-state index contributed by atoms with van der Waals surface area (Å²) < 4.78 is 46.3. The Labute approximate surface area is 168 Å². The lowest BCUT2D eigenvalue weighted by Gasteiger charge is -2.16. The van der Waals surface area contributed by atoms with Gasteiger partial charge in [-0.05, 0) is 26.3 Å². The number of nitrogens with two attached hydrogens (primary N) is 2. The van der Waals surface area contributed by atoms with E-state index in [-0.39, 0.29) is 16.2 Å². The molecular formula is C14H24N6O7S2. The van der Waals surface area contributed by atoms with Gasteiger partial charge in [-0.25, -0.2) is 27.1 Å². The van der Waals surface area contributed by atoms with Crippen LogP contribution in [0, 0.1) is 0 Å². The van der Waals surface area contributed by atoms with E-state index in [1.165, 1.54) is 35.3 Å². The Bertz CT molecular complexity index is 1070. The van der Waals surface area contributed by atoms with Crippen LogP contribution in [0.15, 0.2) is 22.2 Å². The first-order valence-corrected chi connectivity index (χ1v) is 10.9. The Hall–Kier alpha value is -2.42. The van der Waals surface area contributed by atoms with Gasteiger partial charge >= 0.3 is 6.15 Å². The van der Waals surface area contributed by atoms with Gasteiger partial charge in [0.05, 0.1) is 5.69 Å². The number of aryl methyl sites for hydroxylation is 3. The van der Waals surface area contributed by atoms with Crippen molar-refractivity contribution in [2.24, 2.45) is 24.4 Å². The second-order valence-electron chi connectivity index (χ2n) is 6.17. The van der Waals surface area contributed by atoms with Crippen molar-refractivity contribution in [1.29, 1.82) is 0 Å². The highest BCUT2D eigenvalue weighted by atomic mass is 32.2. The normalized spacial score (nSPS) is 11.6. The van der Waals surface area contributed by atoms with Gasteiger partial charge in [0.2, 0.25) is 0 Å². The zero-order valence-electron chi connectivity index (χ0n) is 16.5. The number of carbonyl (C=O) groups excluding carboxylic acids is 2. The molecule has 164 valence electrons. The van der Waals surface area contributed by atoms with Gasteiger partial charge in [-0.3, -0.25) is 9.36 Å². The average Bonchev–Trinajstić information content (AvgIpc) is 3.10. The molecule has 0 bridgehead atoms. The van der Waals surface area contributed by atoms with Gasteiger partial charge in [-0.1, -0.05) is 6.92 Å². The zero-order chi connectivity index (χ0) is 23.2. The predicted octanol–water partition coefficient (Wildman–Crippen LogP) is -1.66. The first-order valence-electron chi connectivity index (χ1n) is 7.83. The number of aromatic nitrogens is 4. The summed E-state index contributed by atoms with van der Waals surface area (Å²) in [6.45, 7) is 5.00. The van der Waals surface area contributed by atoms with Crippen molar-refractivity contribution in [3.05, 3.63) is 23.5 Å². The van der Waals surface area contributed by atoms with Crippen LogP contribution in [0.25, 0.3) is 0 Å². The number of nitrogens with zero attached hydrogens (tertiary/aromatic N) is 4. The largest absolute Gasteiger partial charge is 0.384 e. The molecule has 0 aliphatic rings. The molecule has 15 heteroatoms. The molecule has 2 heterocycles. The minimum Gasteiger partial charge on any atom is -0.384 e. The molecule has 0 atom stereocenters. The summed E-state index contributed by atoms with van der Waals surface area (Å²) in [6.07, 6.45) is 0.985. The van der Waals surface area contributed by atoms with Crippen molar-refractivity contribution in [3.8, 4) is 0 Å². The van der Waals surface area contributed by atoms with E-state index in [2.05, 4.69) is 10.2 Å². The molecule has 2 aromatic rings. The van der Waals surface area contributed by atoms with Crippen molar-refractivity contribution in [2.75, 3.05) is 0 Å². The van der Waals surface area contributed by atoms with E-state index >= 15 is 0 Å². The molecule has 0 saturated heterocycles. The summed E-state index contributed by atoms with van der Waals surface area (Å²) >= 11 is 0. The van der Waals surface area contributed by atoms with E-state index in [4.69, 9.17) is 19.9 Å². The topological polar surface area (TPSA) is 210 Å². The molecule has 0 aromatic carbocycles. The van der Waals surface area contributed by atoms with Crippen molar-refractivity contribution >= 4 is 26.2 Å². The van der Waals surface area contributed by atoms with Crippen LogP contribution in [0.4, 0.5) is 0 Å². The lowest BCUT2D eigenvalue weighted by Crippen LogP contribution is -2.19. The van der Waals surface area contributed by atoms with Gasteiger partial charge in [0.1, 0.15) is 5.60 Å². The van der Waals surface area contributed by atoms with E-state index in [0.29, 0.717) is 5.69 Å². The molecule has 2 aromatic heterocycles. The minimum atomic E-state index is -3.81. The number of hydrogen-bond acceptors (Lipinski definition) is 9. The molecule has 5 N–H and O–H groups in total. The Kier molecular flexibility index (Phi) is 9.04. The molecule has 29 heavy (non-hydrogen) atoms. The molecule has 0 fully saturated rings. The fourth-order valence-electron chi connectivity index (χ4n) is 2.10. The van der Waals surface area contributed by atoms with Crippen LogP contribution < -0.4 is 10.3 Å². The second kappa shape index (κ2) is 9.87. The van der Waals surface area contributed by atoms with E-state index in [0.717, 1.165) is 12.1 Å². The summed E-state index contributed by atoms with van der Waals surface area (Å²) in [7, 11) is -4.22. The summed E-state index contributed by atoms with van der Waals surface area (Å²) in [5, 5.41) is 26.6. The maximum Gasteiger partial charge on any atom is 0.373 e. The number of rotatable bonds is 4. The third kappa shape index (κ3) is 8.23. The van der Waals surface area contributed by atoms with Crippen LogP contribution in [0.5, 0.6) is 0 Å². The maximum atomic E-state index is 10.9. The molecule has 13 nitrogen and oxygen atoms in total. The van der Waals surface area contributed by atoms with Crippen molar-refractivity contribution in [2.45, 2.75) is 42.8 Å².